The molecule has 0 aliphatic carbocycles. The third-order valence-electron chi connectivity index (χ3n) is 4.94. The number of nitrogens with one attached hydrogen (secondary N) is 2. The van der Waals surface area contributed by atoms with E-state index >= 15 is 0 Å². The van der Waals surface area contributed by atoms with Gasteiger partial charge in [-0.15, -0.1) is 0 Å². The molecule has 0 aromatic heterocycles. The predicted molar refractivity (Wildman–Crippen MR) is 130 cm³/mol. The van der Waals surface area contributed by atoms with Crippen LogP contribution in [0.1, 0.15) is 10.4 Å². The van der Waals surface area contributed by atoms with Gasteiger partial charge in [-0.2, -0.15) is 0 Å². The topological polar surface area (TPSA) is 76.7 Å². The number of carbonyl (C=O) groups is 2. The number of rotatable bonds is 7. The molecule has 33 heavy (non-hydrogen) atoms. The van der Waals surface area contributed by atoms with Gasteiger partial charge in [0.2, 0.25) is 0 Å². The highest BCUT2D eigenvalue weighted by Gasteiger charge is 2.14. The Morgan fingerprint density at radius 3 is 2.39 bits per heavy atom. The zero-order valence-corrected chi connectivity index (χ0v) is 18.6. The number of hydrogen-bond acceptors (Lipinski definition) is 4. The van der Waals surface area contributed by atoms with Crippen LogP contribution in [0.25, 0.3) is 10.8 Å². The first-order valence-corrected chi connectivity index (χ1v) is 10.6. The Bertz CT molecular complexity index is 1320. The lowest BCUT2D eigenvalue weighted by Gasteiger charge is -2.13. The molecule has 0 aliphatic rings. The van der Waals surface area contributed by atoms with Gasteiger partial charge < -0.3 is 20.1 Å². The van der Waals surface area contributed by atoms with Crippen LogP contribution < -0.4 is 20.1 Å². The molecule has 0 heterocycles. The molecule has 0 radical (unpaired) electrons. The fourth-order valence-electron chi connectivity index (χ4n) is 3.31. The first kappa shape index (κ1) is 22.2. The van der Waals surface area contributed by atoms with E-state index in [4.69, 9.17) is 21.1 Å². The van der Waals surface area contributed by atoms with Crippen LogP contribution in [0.3, 0.4) is 0 Å². The van der Waals surface area contributed by atoms with Gasteiger partial charge in [0.05, 0.1) is 23.4 Å². The normalized spacial score (nSPS) is 10.5. The molecule has 0 saturated heterocycles. The summed E-state index contributed by atoms with van der Waals surface area (Å²) in [5.41, 5.74) is 1.31. The molecule has 0 spiro atoms. The number of fused-ring (bicyclic) bond motifs is 1. The minimum Gasteiger partial charge on any atom is -0.494 e. The maximum atomic E-state index is 12.5. The van der Waals surface area contributed by atoms with Gasteiger partial charge in [0.25, 0.3) is 11.8 Å². The Labute approximate surface area is 196 Å². The molecule has 4 rings (SSSR count). The smallest absolute Gasteiger partial charge is 0.262 e. The molecule has 0 saturated carbocycles. The van der Waals surface area contributed by atoms with E-state index in [0.717, 1.165) is 10.8 Å². The second-order valence-corrected chi connectivity index (χ2v) is 7.60. The van der Waals surface area contributed by atoms with Crippen molar-refractivity contribution in [3.63, 3.8) is 0 Å². The highest BCUT2D eigenvalue weighted by Crippen LogP contribution is 2.29. The molecule has 6 nitrogen and oxygen atoms in total. The molecule has 4 aromatic rings. The molecule has 2 N–H and O–H groups in total. The van der Waals surface area contributed by atoms with Crippen LogP contribution in [0.15, 0.2) is 84.9 Å². The van der Waals surface area contributed by atoms with Gasteiger partial charge >= 0.3 is 0 Å². The number of benzene rings is 4. The molecule has 4 aromatic carbocycles. The highest BCUT2D eigenvalue weighted by molar-refractivity contribution is 6.34. The lowest BCUT2D eigenvalue weighted by Crippen LogP contribution is -2.20. The van der Waals surface area contributed by atoms with Crippen molar-refractivity contribution in [2.75, 3.05) is 24.4 Å². The lowest BCUT2D eigenvalue weighted by molar-refractivity contribution is -0.118. The fourth-order valence-corrected chi connectivity index (χ4v) is 3.53. The van der Waals surface area contributed by atoms with Crippen molar-refractivity contribution in [2.24, 2.45) is 0 Å². The van der Waals surface area contributed by atoms with Gasteiger partial charge in [-0.25, -0.2) is 0 Å². The Balaban J connectivity index is 1.39. The molecule has 7 heteroatoms. The zero-order chi connectivity index (χ0) is 23.2. The second kappa shape index (κ2) is 10.1. The van der Waals surface area contributed by atoms with Crippen LogP contribution in [0.4, 0.5) is 11.4 Å². The van der Waals surface area contributed by atoms with E-state index in [2.05, 4.69) is 10.6 Å². The van der Waals surface area contributed by atoms with Gasteiger partial charge in [-0.3, -0.25) is 9.59 Å². The first-order valence-electron chi connectivity index (χ1n) is 10.2. The molecule has 0 unspecified atom stereocenters. The number of amides is 2. The lowest BCUT2D eigenvalue weighted by atomic mass is 10.1. The van der Waals surface area contributed by atoms with E-state index in [9.17, 15) is 9.59 Å². The second-order valence-electron chi connectivity index (χ2n) is 7.19. The molecular weight excluding hydrogens is 440 g/mol. The largest absolute Gasteiger partial charge is 0.494 e. The van der Waals surface area contributed by atoms with E-state index in [-0.39, 0.29) is 18.4 Å². The number of anilines is 2. The van der Waals surface area contributed by atoms with Crippen molar-refractivity contribution in [1.82, 2.24) is 0 Å². The summed E-state index contributed by atoms with van der Waals surface area (Å²) in [6.45, 7) is -0.147. The van der Waals surface area contributed by atoms with Crippen LogP contribution in [0, 0.1) is 0 Å². The van der Waals surface area contributed by atoms with Crippen LogP contribution in [-0.2, 0) is 4.79 Å². The van der Waals surface area contributed by atoms with Crippen LogP contribution in [0.5, 0.6) is 11.5 Å². The summed E-state index contributed by atoms with van der Waals surface area (Å²) in [4.78, 5) is 24.9. The summed E-state index contributed by atoms with van der Waals surface area (Å²) in [6, 6.07) is 25.3. The van der Waals surface area contributed by atoms with Gasteiger partial charge in [0.1, 0.15) is 11.5 Å². The molecule has 0 aliphatic heterocycles. The molecule has 166 valence electrons. The summed E-state index contributed by atoms with van der Waals surface area (Å²) in [7, 11) is 1.48. The van der Waals surface area contributed by atoms with E-state index < -0.39 is 0 Å². The summed E-state index contributed by atoms with van der Waals surface area (Å²) in [5.74, 6) is 0.320. The summed E-state index contributed by atoms with van der Waals surface area (Å²) in [5, 5.41) is 8.03. The van der Waals surface area contributed by atoms with Crippen molar-refractivity contribution >= 4 is 45.6 Å². The Hall–Kier alpha value is -4.03. The number of halogens is 1. The summed E-state index contributed by atoms with van der Waals surface area (Å²) in [6.07, 6.45) is 0. The monoisotopic (exact) mass is 460 g/mol. The third-order valence-corrected chi connectivity index (χ3v) is 5.27. The average molecular weight is 461 g/mol. The van der Waals surface area contributed by atoms with Gasteiger partial charge in [0, 0.05) is 11.8 Å². The Kier molecular flexibility index (Phi) is 6.76. The van der Waals surface area contributed by atoms with Gasteiger partial charge in [0.15, 0.2) is 6.61 Å². The molecular formula is C26H21ClN2O4. The Morgan fingerprint density at radius 1 is 0.848 bits per heavy atom. The zero-order valence-electron chi connectivity index (χ0n) is 17.8. The minimum atomic E-state index is -0.362. The average Bonchev–Trinajstić information content (AvgIpc) is 2.83. The van der Waals surface area contributed by atoms with Gasteiger partial charge in [-0.05, 0) is 47.2 Å². The van der Waals surface area contributed by atoms with Crippen molar-refractivity contribution < 1.29 is 19.1 Å². The van der Waals surface area contributed by atoms with Crippen LogP contribution >= 0.6 is 11.6 Å². The standard InChI is InChI=1S/C26H21ClN2O4/c1-32-24-15-19(11-13-23(24)29-26(31)21-8-4-5-9-22(21)27)28-25(30)16-33-20-12-10-17-6-2-3-7-18(17)14-20/h2-15H,16H2,1H3,(H,28,30)(H,29,31). The summed E-state index contributed by atoms with van der Waals surface area (Å²) >= 11 is 6.09. The van der Waals surface area contributed by atoms with E-state index in [1.807, 2.05) is 42.5 Å². The fraction of sp³-hybridized carbons (Fsp3) is 0.0769. The van der Waals surface area contributed by atoms with Gasteiger partial charge in [-0.1, -0.05) is 54.1 Å². The highest BCUT2D eigenvalue weighted by atomic mass is 35.5. The minimum absolute atomic E-state index is 0.147. The molecule has 2 amide bonds. The van der Waals surface area contributed by atoms with Crippen molar-refractivity contribution in [1.29, 1.82) is 0 Å². The maximum absolute atomic E-state index is 12.5. The number of ether oxygens (including phenoxy) is 2. The molecule has 0 fully saturated rings. The third kappa shape index (κ3) is 5.42. The first-order chi connectivity index (χ1) is 16.0. The quantitative estimate of drug-likeness (QED) is 0.367. The maximum Gasteiger partial charge on any atom is 0.262 e. The van der Waals surface area contributed by atoms with Crippen LogP contribution in [-0.4, -0.2) is 25.5 Å². The van der Waals surface area contributed by atoms with Crippen LogP contribution in [0.2, 0.25) is 5.02 Å². The molecule has 0 bridgehead atoms. The van der Waals surface area contributed by atoms with Crippen molar-refractivity contribution in [3.8, 4) is 11.5 Å². The predicted octanol–water partition coefficient (Wildman–Crippen LogP) is 5.77. The number of methoxy groups -OCH3 is 1. The van der Waals surface area contributed by atoms with E-state index in [1.165, 1.54) is 7.11 Å². The molecule has 0 atom stereocenters. The van der Waals surface area contributed by atoms with Crippen molar-refractivity contribution in [3.05, 3.63) is 95.5 Å². The van der Waals surface area contributed by atoms with Crippen molar-refractivity contribution in [2.45, 2.75) is 0 Å². The Morgan fingerprint density at radius 2 is 1.61 bits per heavy atom. The van der Waals surface area contributed by atoms with E-state index in [1.54, 1.807) is 42.5 Å². The number of carbonyl (C=O) groups excluding carboxylic acids is 2. The van der Waals surface area contributed by atoms with E-state index in [0.29, 0.717) is 33.5 Å². The number of hydrogen-bond donors (Lipinski definition) is 2. The SMILES string of the molecule is COc1cc(NC(=O)COc2ccc3ccccc3c2)ccc1NC(=O)c1ccccc1Cl. The summed E-state index contributed by atoms with van der Waals surface area (Å²) < 4.78 is 11.0.